The molecule has 338 valence electrons. The molecule has 0 aromatic heterocycles. The number of rotatable bonds is 21. The standard InChI is InChI=1S/C49H57ClO13/c1-33-41(55-29-34-18-8-3-9-19-34)43(56-30-35-20-10-4-11-21-35)45(57-31-36-22-12-5-13-23-36)49(59-33)63-46-44(61-40(52)28-50)42-38(32-58-47(62-42)37-24-14-6-15-25-37)60-48(46)54-27-17-7-16-26-39(51)53-2/h3-6,8-15,18-25,33,38,41-49H,7,16-17,26-32H2,1-2H3. The summed E-state index contributed by atoms with van der Waals surface area (Å²) in [6.45, 7) is 3.01. The molecular formula is C49H57ClO13. The third kappa shape index (κ3) is 13.2. The highest BCUT2D eigenvalue weighted by molar-refractivity contribution is 6.26. The van der Waals surface area contributed by atoms with E-state index < -0.39 is 79.6 Å². The van der Waals surface area contributed by atoms with Gasteiger partial charge in [0.15, 0.2) is 31.1 Å². The number of carbonyl (C=O) groups is 2. The Labute approximate surface area is 374 Å². The lowest BCUT2D eigenvalue weighted by Crippen LogP contribution is -2.67. The first-order valence-electron chi connectivity index (χ1n) is 21.6. The summed E-state index contributed by atoms with van der Waals surface area (Å²) in [5.41, 5.74) is 3.65. The minimum Gasteiger partial charge on any atom is -0.469 e. The van der Waals surface area contributed by atoms with Crippen molar-refractivity contribution < 1.29 is 61.7 Å². The lowest BCUT2D eigenvalue weighted by molar-refractivity contribution is -0.396. The van der Waals surface area contributed by atoms with Crippen LogP contribution in [0.5, 0.6) is 0 Å². The summed E-state index contributed by atoms with van der Waals surface area (Å²) >= 11 is 6.10. The van der Waals surface area contributed by atoms with Gasteiger partial charge in [0.2, 0.25) is 0 Å². The van der Waals surface area contributed by atoms with Crippen molar-refractivity contribution in [2.75, 3.05) is 26.2 Å². The maximum Gasteiger partial charge on any atom is 0.321 e. The van der Waals surface area contributed by atoms with Crippen LogP contribution < -0.4 is 0 Å². The molecule has 3 fully saturated rings. The fourth-order valence-electron chi connectivity index (χ4n) is 7.90. The zero-order chi connectivity index (χ0) is 43.8. The number of carbonyl (C=O) groups excluding carboxylic acids is 2. The summed E-state index contributed by atoms with van der Waals surface area (Å²) in [6, 6.07) is 39.0. The van der Waals surface area contributed by atoms with E-state index in [-0.39, 0.29) is 32.4 Å². The van der Waals surface area contributed by atoms with Crippen molar-refractivity contribution in [3.05, 3.63) is 144 Å². The molecule has 0 amide bonds. The second-order valence-electron chi connectivity index (χ2n) is 15.7. The van der Waals surface area contributed by atoms with E-state index in [1.165, 1.54) is 7.11 Å². The van der Waals surface area contributed by atoms with Gasteiger partial charge in [-0.3, -0.25) is 9.59 Å². The van der Waals surface area contributed by atoms with Crippen LogP contribution in [0.1, 0.15) is 61.2 Å². The first-order chi connectivity index (χ1) is 30.9. The molecule has 7 rings (SSSR count). The normalized spacial score (nSPS) is 28.1. The van der Waals surface area contributed by atoms with Crippen molar-refractivity contribution in [2.45, 2.75) is 120 Å². The first-order valence-corrected chi connectivity index (χ1v) is 22.1. The van der Waals surface area contributed by atoms with Gasteiger partial charge in [-0.25, -0.2) is 0 Å². The Kier molecular flexibility index (Phi) is 17.9. The molecule has 3 saturated heterocycles. The zero-order valence-corrected chi connectivity index (χ0v) is 36.4. The first kappa shape index (κ1) is 46.7. The number of benzene rings is 4. The third-order valence-electron chi connectivity index (χ3n) is 11.1. The fraction of sp³-hybridized carbons (Fsp3) is 0.469. The van der Waals surface area contributed by atoms with Crippen molar-refractivity contribution in [1.29, 1.82) is 0 Å². The Balaban J connectivity index is 1.21. The maximum absolute atomic E-state index is 13.2. The quantitative estimate of drug-likeness (QED) is 0.0462. The molecule has 3 aliphatic heterocycles. The minimum atomic E-state index is -1.13. The van der Waals surface area contributed by atoms with E-state index in [1.54, 1.807) is 0 Å². The van der Waals surface area contributed by atoms with E-state index in [2.05, 4.69) is 0 Å². The number of halogens is 1. The van der Waals surface area contributed by atoms with E-state index in [0.29, 0.717) is 32.3 Å². The summed E-state index contributed by atoms with van der Waals surface area (Å²) in [5, 5.41) is 0. The second kappa shape index (κ2) is 24.2. The largest absolute Gasteiger partial charge is 0.469 e. The summed E-state index contributed by atoms with van der Waals surface area (Å²) in [6.07, 6.45) is -7.38. The SMILES string of the molecule is COC(=O)CCCCCOC1OC2COC(c3ccccc3)OC2C(OC(=O)CCl)C1OC1OC(C)C(OCc2ccccc2)C(OCc2ccccc2)C1OCc1ccccc1. The number of unbranched alkanes of at least 4 members (excludes halogenated alkanes) is 2. The number of esters is 2. The molecule has 0 N–H and O–H groups in total. The van der Waals surface area contributed by atoms with Gasteiger partial charge in [-0.05, 0) is 36.5 Å². The van der Waals surface area contributed by atoms with Crippen LogP contribution in [-0.2, 0) is 81.5 Å². The van der Waals surface area contributed by atoms with Crippen LogP contribution in [-0.4, -0.2) is 99.6 Å². The van der Waals surface area contributed by atoms with E-state index in [4.69, 9.17) is 63.7 Å². The smallest absolute Gasteiger partial charge is 0.321 e. The lowest BCUT2D eigenvalue weighted by Gasteiger charge is -2.51. The van der Waals surface area contributed by atoms with Crippen LogP contribution in [0.4, 0.5) is 0 Å². The summed E-state index contributed by atoms with van der Waals surface area (Å²) in [7, 11) is 1.37. The Morgan fingerprint density at radius 2 is 1.17 bits per heavy atom. The fourth-order valence-corrected chi connectivity index (χ4v) is 7.97. The van der Waals surface area contributed by atoms with Crippen molar-refractivity contribution in [3.63, 3.8) is 0 Å². The van der Waals surface area contributed by atoms with Crippen molar-refractivity contribution >= 4 is 23.5 Å². The molecule has 0 spiro atoms. The van der Waals surface area contributed by atoms with Crippen LogP contribution in [0.3, 0.4) is 0 Å². The van der Waals surface area contributed by atoms with Gasteiger partial charge < -0.3 is 52.1 Å². The van der Waals surface area contributed by atoms with Crippen molar-refractivity contribution in [3.8, 4) is 0 Å². The molecule has 3 heterocycles. The molecule has 13 nitrogen and oxygen atoms in total. The van der Waals surface area contributed by atoms with Gasteiger partial charge in [0.05, 0.1) is 39.6 Å². The van der Waals surface area contributed by atoms with E-state index in [1.807, 2.05) is 128 Å². The van der Waals surface area contributed by atoms with E-state index in [0.717, 1.165) is 22.3 Å². The minimum absolute atomic E-state index is 0.112. The molecule has 0 bridgehead atoms. The molecule has 11 unspecified atom stereocenters. The molecule has 4 aromatic carbocycles. The predicted molar refractivity (Wildman–Crippen MR) is 230 cm³/mol. The van der Waals surface area contributed by atoms with Crippen LogP contribution in [0.2, 0.25) is 0 Å². The average molecular weight is 889 g/mol. The molecular weight excluding hydrogens is 832 g/mol. The summed E-state index contributed by atoms with van der Waals surface area (Å²) < 4.78 is 70.9. The Morgan fingerprint density at radius 3 is 1.76 bits per heavy atom. The maximum atomic E-state index is 13.2. The van der Waals surface area contributed by atoms with Crippen LogP contribution in [0, 0.1) is 0 Å². The molecule has 0 aliphatic carbocycles. The van der Waals surface area contributed by atoms with E-state index >= 15 is 0 Å². The van der Waals surface area contributed by atoms with Crippen molar-refractivity contribution in [2.24, 2.45) is 0 Å². The van der Waals surface area contributed by atoms with E-state index in [9.17, 15) is 9.59 Å². The third-order valence-corrected chi connectivity index (χ3v) is 11.4. The van der Waals surface area contributed by atoms with Crippen LogP contribution >= 0.6 is 11.6 Å². The average Bonchev–Trinajstić information content (AvgIpc) is 3.33. The zero-order valence-electron chi connectivity index (χ0n) is 35.7. The molecule has 0 saturated carbocycles. The van der Waals surface area contributed by atoms with Gasteiger partial charge in [-0.1, -0.05) is 128 Å². The molecule has 3 aliphatic rings. The Morgan fingerprint density at radius 1 is 0.603 bits per heavy atom. The molecule has 11 atom stereocenters. The summed E-state index contributed by atoms with van der Waals surface area (Å²) in [5.74, 6) is -1.37. The second-order valence-corrected chi connectivity index (χ2v) is 15.9. The number of hydrogen-bond donors (Lipinski definition) is 0. The van der Waals surface area contributed by atoms with Crippen molar-refractivity contribution in [1.82, 2.24) is 0 Å². The predicted octanol–water partition coefficient (Wildman–Crippen LogP) is 7.61. The van der Waals surface area contributed by atoms with Gasteiger partial charge in [0.1, 0.15) is 36.4 Å². The van der Waals surface area contributed by atoms with Gasteiger partial charge in [-0.2, -0.15) is 0 Å². The highest BCUT2D eigenvalue weighted by Gasteiger charge is 2.56. The lowest BCUT2D eigenvalue weighted by atomic mass is 9.95. The summed E-state index contributed by atoms with van der Waals surface area (Å²) in [4.78, 5) is 25.0. The molecule has 63 heavy (non-hydrogen) atoms. The van der Waals surface area contributed by atoms with Crippen LogP contribution in [0.25, 0.3) is 0 Å². The molecule has 14 heteroatoms. The monoisotopic (exact) mass is 888 g/mol. The van der Waals surface area contributed by atoms with Crippen LogP contribution in [0.15, 0.2) is 121 Å². The number of alkyl halides is 1. The number of ether oxygens (including phenoxy) is 11. The van der Waals surface area contributed by atoms with Gasteiger partial charge in [0.25, 0.3) is 0 Å². The highest BCUT2D eigenvalue weighted by atomic mass is 35.5. The number of methoxy groups -OCH3 is 1. The van der Waals surface area contributed by atoms with Gasteiger partial charge >= 0.3 is 11.9 Å². The Hall–Kier alpha value is -4.25. The highest BCUT2D eigenvalue weighted by Crippen LogP contribution is 2.39. The number of fused-ring (bicyclic) bond motifs is 1. The topological polar surface area (TPSA) is 136 Å². The molecule has 4 aromatic rings. The number of hydrogen-bond acceptors (Lipinski definition) is 13. The Bertz CT molecular complexity index is 1940. The van der Waals surface area contributed by atoms with Gasteiger partial charge in [0, 0.05) is 18.6 Å². The van der Waals surface area contributed by atoms with Gasteiger partial charge in [-0.15, -0.1) is 11.6 Å². The molecule has 0 radical (unpaired) electrons.